The Hall–Kier alpha value is -2.25. The molecule has 0 aliphatic carbocycles. The van der Waals surface area contributed by atoms with Crippen molar-refractivity contribution in [2.75, 3.05) is 7.11 Å². The summed E-state index contributed by atoms with van der Waals surface area (Å²) in [5.74, 6) is -0.00203. The molecule has 1 aliphatic rings. The smallest absolute Gasteiger partial charge is 0.335 e. The molecule has 1 aromatic heterocycles. The molecule has 0 fully saturated rings. The molecule has 5 nitrogen and oxygen atoms in total. The van der Waals surface area contributed by atoms with Gasteiger partial charge < -0.3 is 9.47 Å². The number of hydrogen-bond acceptors (Lipinski definition) is 6. The molecule has 7 heteroatoms. The van der Waals surface area contributed by atoms with E-state index in [4.69, 9.17) is 9.47 Å². The lowest BCUT2D eigenvalue weighted by atomic mass is 10.2. The molecule has 0 saturated heterocycles. The van der Waals surface area contributed by atoms with E-state index >= 15 is 0 Å². The highest BCUT2D eigenvalue weighted by Gasteiger charge is 2.40. The Morgan fingerprint density at radius 1 is 1.24 bits per heavy atom. The third-order valence-electron chi connectivity index (χ3n) is 3.85. The van der Waals surface area contributed by atoms with E-state index in [-0.39, 0.29) is 0 Å². The van der Waals surface area contributed by atoms with Crippen molar-refractivity contribution in [3.05, 3.63) is 63.6 Å². The van der Waals surface area contributed by atoms with Crippen molar-refractivity contribution in [3.8, 4) is 0 Å². The van der Waals surface area contributed by atoms with Gasteiger partial charge in [-0.25, -0.2) is 14.8 Å². The number of carbonyl (C=O) groups is 1. The Kier molecular flexibility index (Phi) is 4.27. The summed E-state index contributed by atoms with van der Waals surface area (Å²) >= 11 is 4.94. The highest BCUT2D eigenvalue weighted by Crippen LogP contribution is 2.36. The quantitative estimate of drug-likeness (QED) is 0.602. The number of carbonyl (C=O) groups excluding carboxylic acids is 1. The van der Waals surface area contributed by atoms with Crippen molar-refractivity contribution in [2.24, 2.45) is 4.99 Å². The lowest BCUT2D eigenvalue weighted by Crippen LogP contribution is -2.25. The van der Waals surface area contributed by atoms with E-state index in [0.29, 0.717) is 10.9 Å². The molecular formula is C18H13BrN2O3S. The van der Waals surface area contributed by atoms with Crippen LogP contribution < -0.4 is 0 Å². The maximum atomic E-state index is 12.2. The molecule has 4 rings (SSSR count). The van der Waals surface area contributed by atoms with Crippen molar-refractivity contribution >= 4 is 49.4 Å². The average Bonchev–Trinajstić information content (AvgIpc) is 3.25. The molecular weight excluding hydrogens is 404 g/mol. The van der Waals surface area contributed by atoms with Crippen molar-refractivity contribution < 1.29 is 14.3 Å². The number of aliphatic imine (C=N–C) groups is 1. The van der Waals surface area contributed by atoms with E-state index in [9.17, 15) is 4.79 Å². The zero-order valence-electron chi connectivity index (χ0n) is 13.2. The monoisotopic (exact) mass is 416 g/mol. The van der Waals surface area contributed by atoms with Gasteiger partial charge in [-0.05, 0) is 30.3 Å². The first-order chi connectivity index (χ1) is 12.2. The summed E-state index contributed by atoms with van der Waals surface area (Å²) in [6, 6.07) is 14.6. The number of aromatic nitrogens is 1. The zero-order valence-corrected chi connectivity index (χ0v) is 15.6. The molecule has 0 spiro atoms. The predicted octanol–water partition coefficient (Wildman–Crippen LogP) is 4.12. The second-order valence-electron chi connectivity index (χ2n) is 5.47. The minimum Gasteiger partial charge on any atom is -0.467 e. The Bertz CT molecular complexity index is 971. The van der Waals surface area contributed by atoms with Crippen LogP contribution in [0.4, 0.5) is 0 Å². The van der Waals surface area contributed by atoms with E-state index in [1.807, 2.05) is 48.5 Å². The molecule has 0 N–H and O–H groups in total. The summed E-state index contributed by atoms with van der Waals surface area (Å²) < 4.78 is 12.9. The van der Waals surface area contributed by atoms with Crippen LogP contribution in [0.5, 0.6) is 0 Å². The van der Waals surface area contributed by atoms with E-state index in [2.05, 4.69) is 25.9 Å². The number of esters is 1. The second-order valence-corrected chi connectivity index (χ2v) is 7.45. The molecule has 2 atom stereocenters. The van der Waals surface area contributed by atoms with Crippen LogP contribution in [0.2, 0.25) is 0 Å². The fourth-order valence-corrected chi connectivity index (χ4v) is 4.01. The van der Waals surface area contributed by atoms with Crippen molar-refractivity contribution in [2.45, 2.75) is 12.1 Å². The third kappa shape index (κ3) is 3.05. The van der Waals surface area contributed by atoms with Gasteiger partial charge in [0, 0.05) is 10.0 Å². The highest BCUT2D eigenvalue weighted by atomic mass is 79.9. The molecule has 2 heterocycles. The summed E-state index contributed by atoms with van der Waals surface area (Å²) in [4.78, 5) is 21.3. The summed E-state index contributed by atoms with van der Waals surface area (Å²) in [6.45, 7) is 0. The highest BCUT2D eigenvalue weighted by molar-refractivity contribution is 9.10. The predicted molar refractivity (Wildman–Crippen MR) is 99.9 cm³/mol. The van der Waals surface area contributed by atoms with Crippen LogP contribution in [0.25, 0.3) is 10.2 Å². The van der Waals surface area contributed by atoms with Gasteiger partial charge in [0.1, 0.15) is 5.01 Å². The molecule has 2 unspecified atom stereocenters. The van der Waals surface area contributed by atoms with E-state index in [1.165, 1.54) is 18.4 Å². The number of hydrogen-bond donors (Lipinski definition) is 0. The molecule has 0 radical (unpaired) electrons. The van der Waals surface area contributed by atoms with Crippen LogP contribution in [-0.4, -0.2) is 30.0 Å². The van der Waals surface area contributed by atoms with E-state index in [1.54, 1.807) is 0 Å². The number of ether oxygens (including phenoxy) is 2. The van der Waals surface area contributed by atoms with Crippen molar-refractivity contribution in [3.63, 3.8) is 0 Å². The topological polar surface area (TPSA) is 60.8 Å². The number of methoxy groups -OCH3 is 1. The Morgan fingerprint density at radius 3 is 2.80 bits per heavy atom. The lowest BCUT2D eigenvalue weighted by molar-refractivity contribution is -0.143. The summed E-state index contributed by atoms with van der Waals surface area (Å²) in [6.07, 6.45) is -0.584. The third-order valence-corrected chi connectivity index (χ3v) is 5.45. The summed E-state index contributed by atoms with van der Waals surface area (Å²) in [7, 11) is 1.35. The fraction of sp³-hybridized carbons (Fsp3) is 0.167. The van der Waals surface area contributed by atoms with E-state index in [0.717, 1.165) is 20.3 Å². The minimum absolute atomic E-state index is 0.432. The standard InChI is InChI=1S/C18H13BrN2O3S/c1-23-18(22)14-15(24-16(21-14)10-5-3-2-4-6-10)17-20-12-9-11(19)7-8-13(12)25-17/h2-9,14-15H,1H3. The van der Waals surface area contributed by atoms with Crippen LogP contribution in [0.1, 0.15) is 16.7 Å². The molecule has 126 valence electrons. The van der Waals surface area contributed by atoms with Gasteiger partial charge in [0.25, 0.3) is 0 Å². The summed E-state index contributed by atoms with van der Waals surface area (Å²) in [5.41, 5.74) is 1.68. The average molecular weight is 417 g/mol. The van der Waals surface area contributed by atoms with Gasteiger partial charge in [0.15, 0.2) is 12.1 Å². The number of halogens is 1. The largest absolute Gasteiger partial charge is 0.467 e. The lowest BCUT2D eigenvalue weighted by Gasteiger charge is -2.13. The molecule has 0 bridgehead atoms. The molecule has 0 saturated carbocycles. The molecule has 2 aromatic carbocycles. The molecule has 0 amide bonds. The van der Waals surface area contributed by atoms with Gasteiger partial charge in [-0.2, -0.15) is 0 Å². The fourth-order valence-electron chi connectivity index (χ4n) is 2.66. The minimum atomic E-state index is -0.760. The maximum Gasteiger partial charge on any atom is 0.335 e. The van der Waals surface area contributed by atoms with Gasteiger partial charge in [0.2, 0.25) is 5.90 Å². The number of fused-ring (bicyclic) bond motifs is 1. The van der Waals surface area contributed by atoms with Crippen LogP contribution in [0.15, 0.2) is 58.0 Å². The normalized spacial score (nSPS) is 19.5. The maximum absolute atomic E-state index is 12.2. The Morgan fingerprint density at radius 2 is 2.04 bits per heavy atom. The molecule has 25 heavy (non-hydrogen) atoms. The van der Waals surface area contributed by atoms with Gasteiger partial charge in [-0.15, -0.1) is 11.3 Å². The zero-order chi connectivity index (χ0) is 17.4. The van der Waals surface area contributed by atoms with Crippen LogP contribution in [0, 0.1) is 0 Å². The number of thiazole rings is 1. The van der Waals surface area contributed by atoms with Gasteiger partial charge in [-0.1, -0.05) is 34.1 Å². The first-order valence-corrected chi connectivity index (χ1v) is 9.20. The van der Waals surface area contributed by atoms with Crippen LogP contribution in [-0.2, 0) is 14.3 Å². The SMILES string of the molecule is COC(=O)C1N=C(c2ccccc2)OC1c1nc2cc(Br)ccc2s1. The van der Waals surface area contributed by atoms with Crippen LogP contribution in [0.3, 0.4) is 0 Å². The molecule has 1 aliphatic heterocycles. The number of nitrogens with zero attached hydrogens (tertiary/aromatic N) is 2. The molecule has 3 aromatic rings. The summed E-state index contributed by atoms with van der Waals surface area (Å²) in [5, 5.41) is 0.707. The van der Waals surface area contributed by atoms with E-state index < -0.39 is 18.1 Å². The number of rotatable bonds is 3. The number of benzene rings is 2. The Balaban J connectivity index is 1.73. The first-order valence-electron chi connectivity index (χ1n) is 7.59. The van der Waals surface area contributed by atoms with Crippen molar-refractivity contribution in [1.82, 2.24) is 4.98 Å². The van der Waals surface area contributed by atoms with Gasteiger partial charge in [-0.3, -0.25) is 0 Å². The second kappa shape index (κ2) is 6.57. The van der Waals surface area contributed by atoms with Gasteiger partial charge >= 0.3 is 5.97 Å². The van der Waals surface area contributed by atoms with Gasteiger partial charge in [0.05, 0.1) is 17.3 Å². The van der Waals surface area contributed by atoms with Crippen LogP contribution >= 0.6 is 27.3 Å². The Labute approximate surface area is 156 Å². The van der Waals surface area contributed by atoms with Crippen molar-refractivity contribution in [1.29, 1.82) is 0 Å². The first kappa shape index (κ1) is 16.2.